The number of phosphoric acid groups is 1. The van der Waals surface area contributed by atoms with Gasteiger partial charge in [-0.15, -0.1) is 0 Å². The fourth-order valence-electron chi connectivity index (χ4n) is 11.9. The number of rotatable bonds is 55. The van der Waals surface area contributed by atoms with Gasteiger partial charge >= 0.3 is 25.7 Å². The van der Waals surface area contributed by atoms with Crippen molar-refractivity contribution in [3.05, 3.63) is 24.3 Å². The minimum atomic E-state index is -5.70. The van der Waals surface area contributed by atoms with Crippen molar-refractivity contribution >= 4 is 25.7 Å². The van der Waals surface area contributed by atoms with E-state index in [9.17, 15) is 74.9 Å². The molecule has 0 spiro atoms. The average Bonchev–Trinajstić information content (AvgIpc) is 0.768. The number of esters is 3. The molecule has 0 radical (unpaired) electrons. The van der Waals surface area contributed by atoms with Crippen LogP contribution in [0.4, 0.5) is 0 Å². The van der Waals surface area contributed by atoms with Crippen LogP contribution in [0.25, 0.3) is 0 Å². The van der Waals surface area contributed by atoms with Gasteiger partial charge in [0.25, 0.3) is 0 Å². The molecule has 11 N–H and O–H groups in total. The summed E-state index contributed by atoms with van der Waals surface area (Å²) in [5.74, 6) is -2.22. The first-order chi connectivity index (χ1) is 45.3. The first-order valence-electron chi connectivity index (χ1n) is 36.2. The van der Waals surface area contributed by atoms with E-state index in [1.165, 1.54) is 134 Å². The van der Waals surface area contributed by atoms with Crippen molar-refractivity contribution in [1.82, 2.24) is 0 Å². The van der Waals surface area contributed by atoms with Gasteiger partial charge in [-0.05, 0) is 25.7 Å². The summed E-state index contributed by atoms with van der Waals surface area (Å²) in [6.45, 7) is 3.33. The van der Waals surface area contributed by atoms with Crippen molar-refractivity contribution in [2.24, 2.45) is 0 Å². The molecule has 2 saturated heterocycles. The van der Waals surface area contributed by atoms with Gasteiger partial charge in [-0.2, -0.15) is 0 Å². The maximum Gasteiger partial charge on any atom is 0.472 e. The second-order valence-electron chi connectivity index (χ2n) is 26.0. The SMILES string of the molecule is CCCCCCCCCCCCC/C=C/C=C/C(=O)OCC1OC(OC2C(O)C(O)C(O)C(OC3OC(CO)C(O)C(O)C3O)C2OP(=O)(O)OCC(COC(=O)CCCCCCCCCCCCCCC)OC(=O)CCCCCCCCCCCCC)C(O)C(O)C1O. The molecule has 24 nitrogen and oxygen atoms in total. The van der Waals surface area contributed by atoms with Crippen LogP contribution >= 0.6 is 7.82 Å². The molecule has 0 amide bonds. The highest BCUT2D eigenvalue weighted by Crippen LogP contribution is 2.49. The number of hydrogen-bond acceptors (Lipinski definition) is 23. The number of aliphatic hydroxyl groups excluding tert-OH is 10. The lowest BCUT2D eigenvalue weighted by Gasteiger charge is -2.49. The predicted octanol–water partition coefficient (Wildman–Crippen LogP) is 8.96. The Morgan fingerprint density at radius 1 is 0.436 bits per heavy atom. The van der Waals surface area contributed by atoms with Crippen molar-refractivity contribution in [3.8, 4) is 0 Å². The van der Waals surface area contributed by atoms with E-state index >= 15 is 0 Å². The molecule has 2 aliphatic heterocycles. The average molecular weight is 1370 g/mol. The van der Waals surface area contributed by atoms with E-state index in [0.29, 0.717) is 12.8 Å². The van der Waals surface area contributed by atoms with Crippen molar-refractivity contribution < 1.29 is 117 Å². The van der Waals surface area contributed by atoms with Crippen molar-refractivity contribution in [2.45, 2.75) is 369 Å². The quantitative estimate of drug-likeness (QED) is 0.00675. The number of carbonyl (C=O) groups is 3. The van der Waals surface area contributed by atoms with Gasteiger partial charge in [0.05, 0.1) is 13.2 Å². The molecule has 3 fully saturated rings. The molecule has 18 atom stereocenters. The van der Waals surface area contributed by atoms with Crippen molar-refractivity contribution in [2.75, 3.05) is 26.4 Å². The van der Waals surface area contributed by atoms with E-state index in [0.717, 1.165) is 96.0 Å². The summed E-state index contributed by atoms with van der Waals surface area (Å²) in [6, 6.07) is 0. The fraction of sp³-hybridized carbons (Fsp3) is 0.899. The molecule has 0 aromatic heterocycles. The lowest BCUT2D eigenvalue weighted by Crippen LogP contribution is -2.69. The third-order valence-electron chi connectivity index (χ3n) is 17.8. The molecule has 0 aromatic carbocycles. The lowest BCUT2D eigenvalue weighted by atomic mass is 9.84. The molecule has 3 rings (SSSR count). The van der Waals surface area contributed by atoms with Crippen LogP contribution in [0.2, 0.25) is 0 Å². The molecule has 0 bridgehead atoms. The molecule has 25 heteroatoms. The van der Waals surface area contributed by atoms with Gasteiger partial charge in [-0.3, -0.25) is 18.6 Å². The zero-order valence-electron chi connectivity index (χ0n) is 57.0. The number of allylic oxidation sites excluding steroid dienone is 3. The largest absolute Gasteiger partial charge is 0.472 e. The summed E-state index contributed by atoms with van der Waals surface area (Å²) in [7, 11) is -5.70. The molecular formula is C69H125O24P. The van der Waals surface area contributed by atoms with Crippen LogP contribution in [0.15, 0.2) is 24.3 Å². The predicted molar refractivity (Wildman–Crippen MR) is 351 cm³/mol. The summed E-state index contributed by atoms with van der Waals surface area (Å²) < 4.78 is 64.7. The summed E-state index contributed by atoms with van der Waals surface area (Å²) >= 11 is 0. The topological polar surface area (TPSA) is 374 Å². The third-order valence-corrected chi connectivity index (χ3v) is 18.8. The first-order valence-corrected chi connectivity index (χ1v) is 37.7. The van der Waals surface area contributed by atoms with Crippen molar-refractivity contribution in [3.63, 3.8) is 0 Å². The van der Waals surface area contributed by atoms with Crippen LogP contribution in [0, 0.1) is 0 Å². The maximum atomic E-state index is 14.3. The van der Waals surface area contributed by atoms with Gasteiger partial charge < -0.3 is 89.1 Å². The second-order valence-corrected chi connectivity index (χ2v) is 27.4. The molecule has 18 unspecified atom stereocenters. The minimum Gasteiger partial charge on any atom is -0.462 e. The zero-order chi connectivity index (χ0) is 68.9. The van der Waals surface area contributed by atoms with Crippen LogP contribution in [0.3, 0.4) is 0 Å². The molecule has 94 heavy (non-hydrogen) atoms. The molecule has 0 aromatic rings. The number of hydrogen-bond donors (Lipinski definition) is 11. The van der Waals surface area contributed by atoms with E-state index in [2.05, 4.69) is 20.8 Å². The van der Waals surface area contributed by atoms with E-state index in [1.807, 2.05) is 6.08 Å². The van der Waals surface area contributed by atoms with Crippen LogP contribution in [-0.4, -0.2) is 204 Å². The minimum absolute atomic E-state index is 0.0395. The van der Waals surface area contributed by atoms with E-state index < -0.39 is 156 Å². The van der Waals surface area contributed by atoms with Crippen LogP contribution in [0.5, 0.6) is 0 Å². The Labute approximate surface area is 560 Å². The third kappa shape index (κ3) is 35.0. The Morgan fingerprint density at radius 3 is 1.26 bits per heavy atom. The van der Waals surface area contributed by atoms with Gasteiger partial charge in [0.2, 0.25) is 0 Å². The second kappa shape index (κ2) is 51.6. The number of ether oxygens (including phenoxy) is 7. The van der Waals surface area contributed by atoms with Gasteiger partial charge in [0.15, 0.2) is 18.7 Å². The van der Waals surface area contributed by atoms with Crippen LogP contribution in [-0.2, 0) is 61.2 Å². The fourth-order valence-corrected chi connectivity index (χ4v) is 12.9. The number of carbonyl (C=O) groups excluding carboxylic acids is 3. The van der Waals surface area contributed by atoms with Gasteiger partial charge in [-0.25, -0.2) is 9.36 Å². The van der Waals surface area contributed by atoms with Gasteiger partial charge in [0.1, 0.15) is 98.7 Å². The van der Waals surface area contributed by atoms with Gasteiger partial charge in [0, 0.05) is 18.9 Å². The highest BCUT2D eigenvalue weighted by molar-refractivity contribution is 7.47. The highest BCUT2D eigenvalue weighted by atomic mass is 31.2. The standard InChI is InChI=1S/C69H125O24P/c1-4-7-10-13-16-19-22-24-25-27-30-32-35-38-41-44-54(72)86-49-52-57(75)59(77)64(82)69(90-52)92-66-62(80)60(78)61(79)65(91-68-63(81)58(76)56(74)51(46-70)89-68)67(66)93-94(83,84)87-48-50(88-55(73)45-42-39-36-33-28-21-18-15-12-9-6-3)47-85-53(71)43-40-37-34-31-29-26-23-20-17-14-11-8-5-2/h35,38,41,44,50-52,56-70,74-82H,4-34,36-37,39-40,42-43,45-49H2,1-3H3,(H,83,84)/b38-35+,44-41+. The molecule has 3 aliphatic rings. The van der Waals surface area contributed by atoms with E-state index in [4.69, 9.17) is 42.2 Å². The highest BCUT2D eigenvalue weighted by Gasteiger charge is 2.58. The summed E-state index contributed by atoms with van der Waals surface area (Å²) in [5, 5.41) is 110. The van der Waals surface area contributed by atoms with E-state index in [1.54, 1.807) is 6.08 Å². The Balaban J connectivity index is 1.76. The summed E-state index contributed by atoms with van der Waals surface area (Å²) in [5.41, 5.74) is 0. The van der Waals surface area contributed by atoms with Crippen LogP contribution < -0.4 is 0 Å². The van der Waals surface area contributed by atoms with E-state index in [-0.39, 0.29) is 12.8 Å². The Morgan fingerprint density at radius 2 is 0.819 bits per heavy atom. The van der Waals surface area contributed by atoms with Crippen LogP contribution in [0.1, 0.15) is 265 Å². The molecule has 1 saturated carbocycles. The Kier molecular flexibility index (Phi) is 47.0. The normalized spacial score (nSPS) is 28.4. The maximum absolute atomic E-state index is 14.3. The summed E-state index contributed by atoms with van der Waals surface area (Å²) in [6.07, 6.45) is 10.5. The monoisotopic (exact) mass is 1370 g/mol. The molecule has 550 valence electrons. The zero-order valence-corrected chi connectivity index (χ0v) is 57.9. The smallest absolute Gasteiger partial charge is 0.462 e. The first kappa shape index (κ1) is 85.7. The van der Waals surface area contributed by atoms with Gasteiger partial charge in [-0.1, -0.05) is 244 Å². The van der Waals surface area contributed by atoms with Crippen molar-refractivity contribution in [1.29, 1.82) is 0 Å². The lowest BCUT2D eigenvalue weighted by molar-refractivity contribution is -0.360. The molecule has 2 heterocycles. The molecule has 1 aliphatic carbocycles. The Bertz CT molecular complexity index is 2050. The number of unbranched alkanes of at least 4 members (excludes halogenated alkanes) is 33. The number of phosphoric ester groups is 1. The molecular weight excluding hydrogens is 1240 g/mol. The number of aliphatic hydroxyl groups is 10. The summed E-state index contributed by atoms with van der Waals surface area (Å²) in [4.78, 5) is 50.7. The Hall–Kier alpha value is -2.56.